The van der Waals surface area contributed by atoms with E-state index in [1.165, 1.54) is 0 Å². The molecule has 4 nitrogen and oxygen atoms in total. The van der Waals surface area contributed by atoms with E-state index in [4.69, 9.17) is 4.74 Å². The lowest BCUT2D eigenvalue weighted by molar-refractivity contribution is -0.159. The van der Waals surface area contributed by atoms with Crippen LogP contribution in [0.3, 0.4) is 0 Å². The second kappa shape index (κ2) is 6.86. The molecule has 0 aromatic heterocycles. The third-order valence-corrected chi connectivity index (χ3v) is 2.00. The van der Waals surface area contributed by atoms with Crippen LogP contribution >= 0.6 is 0 Å². The number of esters is 1. The van der Waals surface area contributed by atoms with Gasteiger partial charge in [-0.25, -0.2) is 0 Å². The zero-order chi connectivity index (χ0) is 12.8. The molecule has 0 aliphatic heterocycles. The van der Waals surface area contributed by atoms with Crippen molar-refractivity contribution >= 4 is 5.97 Å². The minimum absolute atomic E-state index is 0.0959. The fourth-order valence-corrected chi connectivity index (χ4v) is 1.11. The maximum atomic E-state index is 11.6. The van der Waals surface area contributed by atoms with Gasteiger partial charge in [-0.1, -0.05) is 6.92 Å². The van der Waals surface area contributed by atoms with Gasteiger partial charge in [0.2, 0.25) is 0 Å². The summed E-state index contributed by atoms with van der Waals surface area (Å²) >= 11 is 0. The van der Waals surface area contributed by atoms with Gasteiger partial charge in [0.1, 0.15) is 5.60 Å². The van der Waals surface area contributed by atoms with Gasteiger partial charge in [-0.3, -0.25) is 4.79 Å². The van der Waals surface area contributed by atoms with E-state index in [1.807, 2.05) is 41.8 Å². The molecule has 0 saturated heterocycles. The average Bonchev–Trinajstić information content (AvgIpc) is 2.08. The molecular weight excluding hydrogens is 204 g/mol. The fourth-order valence-electron chi connectivity index (χ4n) is 1.11. The summed E-state index contributed by atoms with van der Waals surface area (Å²) in [6, 6.07) is 0. The van der Waals surface area contributed by atoms with Crippen molar-refractivity contribution in [1.29, 1.82) is 0 Å². The molecular formula is C12H26N2O2. The average molecular weight is 230 g/mol. The van der Waals surface area contributed by atoms with E-state index in [9.17, 15) is 4.79 Å². The highest BCUT2D eigenvalue weighted by molar-refractivity contribution is 5.72. The number of nitrogens with zero attached hydrogens (tertiary/aromatic N) is 1. The summed E-state index contributed by atoms with van der Waals surface area (Å²) in [7, 11) is 4.05. The first-order valence-electron chi connectivity index (χ1n) is 5.80. The van der Waals surface area contributed by atoms with Crippen molar-refractivity contribution in [2.75, 3.05) is 33.7 Å². The zero-order valence-electron chi connectivity index (χ0n) is 11.5. The van der Waals surface area contributed by atoms with Gasteiger partial charge in [0.25, 0.3) is 0 Å². The summed E-state index contributed by atoms with van der Waals surface area (Å²) in [5.74, 6) is -0.230. The van der Waals surface area contributed by atoms with E-state index < -0.39 is 5.60 Å². The number of ether oxygens (including phenoxy) is 1. The molecule has 0 rings (SSSR count). The molecule has 0 unspecified atom stereocenters. The first-order valence-corrected chi connectivity index (χ1v) is 5.80. The van der Waals surface area contributed by atoms with Crippen LogP contribution in [0.2, 0.25) is 0 Å². The standard InChI is InChI=1S/C12H26N2O2/c1-10(9-13-7-8-14(5)6)11(15)16-12(2,3)4/h10,13H,7-9H2,1-6H3/t10-/m0/s1. The highest BCUT2D eigenvalue weighted by Gasteiger charge is 2.21. The predicted octanol–water partition coefficient (Wildman–Crippen LogP) is 1.12. The number of carbonyl (C=O) groups excluding carboxylic acids is 1. The highest BCUT2D eigenvalue weighted by Crippen LogP contribution is 2.10. The Morgan fingerprint density at radius 3 is 2.38 bits per heavy atom. The number of nitrogens with one attached hydrogen (secondary N) is 1. The van der Waals surface area contributed by atoms with Crippen molar-refractivity contribution < 1.29 is 9.53 Å². The Balaban J connectivity index is 3.72. The Morgan fingerprint density at radius 2 is 1.94 bits per heavy atom. The number of hydrogen-bond acceptors (Lipinski definition) is 4. The number of likely N-dealkylation sites (N-methyl/N-ethyl adjacent to an activating group) is 1. The Labute approximate surface area is 99.3 Å². The maximum absolute atomic E-state index is 11.6. The molecule has 0 radical (unpaired) electrons. The SMILES string of the molecule is C[C@@H](CNCCN(C)C)C(=O)OC(C)(C)C. The second-order valence-electron chi connectivity index (χ2n) is 5.44. The van der Waals surface area contributed by atoms with Crippen LogP contribution in [0.5, 0.6) is 0 Å². The lowest BCUT2D eigenvalue weighted by atomic mass is 10.1. The van der Waals surface area contributed by atoms with E-state index in [0.717, 1.165) is 13.1 Å². The van der Waals surface area contributed by atoms with Crippen molar-refractivity contribution in [3.63, 3.8) is 0 Å². The Bertz CT molecular complexity index is 210. The van der Waals surface area contributed by atoms with Gasteiger partial charge in [0, 0.05) is 19.6 Å². The van der Waals surface area contributed by atoms with Gasteiger partial charge in [-0.15, -0.1) is 0 Å². The largest absolute Gasteiger partial charge is 0.460 e. The first kappa shape index (κ1) is 15.4. The minimum atomic E-state index is -0.394. The first-order chi connectivity index (χ1) is 7.22. The van der Waals surface area contributed by atoms with Gasteiger partial charge in [0.05, 0.1) is 5.92 Å². The number of carbonyl (C=O) groups is 1. The maximum Gasteiger partial charge on any atom is 0.310 e. The summed E-state index contributed by atoms with van der Waals surface area (Å²) in [5.41, 5.74) is -0.394. The van der Waals surface area contributed by atoms with Crippen LogP contribution < -0.4 is 5.32 Å². The van der Waals surface area contributed by atoms with Gasteiger partial charge >= 0.3 is 5.97 Å². The number of hydrogen-bond donors (Lipinski definition) is 1. The third kappa shape index (κ3) is 8.68. The van der Waals surface area contributed by atoms with E-state index in [0.29, 0.717) is 6.54 Å². The third-order valence-electron chi connectivity index (χ3n) is 2.00. The predicted molar refractivity (Wildman–Crippen MR) is 66.4 cm³/mol. The molecule has 0 spiro atoms. The van der Waals surface area contributed by atoms with E-state index >= 15 is 0 Å². The summed E-state index contributed by atoms with van der Waals surface area (Å²) in [4.78, 5) is 13.7. The van der Waals surface area contributed by atoms with Crippen LogP contribution in [0.1, 0.15) is 27.7 Å². The van der Waals surface area contributed by atoms with Crippen molar-refractivity contribution in [1.82, 2.24) is 10.2 Å². The van der Waals surface area contributed by atoms with E-state index in [-0.39, 0.29) is 11.9 Å². The molecule has 0 aromatic carbocycles. The van der Waals surface area contributed by atoms with E-state index in [2.05, 4.69) is 10.2 Å². The molecule has 0 aliphatic carbocycles. The molecule has 1 atom stereocenters. The fraction of sp³-hybridized carbons (Fsp3) is 0.917. The normalized spacial score (nSPS) is 13.9. The summed E-state index contributed by atoms with van der Waals surface area (Å²) in [6.07, 6.45) is 0. The minimum Gasteiger partial charge on any atom is -0.460 e. The molecule has 1 N–H and O–H groups in total. The topological polar surface area (TPSA) is 41.6 Å². The summed E-state index contributed by atoms with van der Waals surface area (Å²) in [5, 5.41) is 3.24. The molecule has 4 heteroatoms. The van der Waals surface area contributed by atoms with E-state index in [1.54, 1.807) is 0 Å². The van der Waals surface area contributed by atoms with Crippen molar-refractivity contribution in [2.45, 2.75) is 33.3 Å². The van der Waals surface area contributed by atoms with Crippen LogP contribution in [-0.4, -0.2) is 50.2 Å². The molecule has 0 aromatic rings. The second-order valence-corrected chi connectivity index (χ2v) is 5.44. The zero-order valence-corrected chi connectivity index (χ0v) is 11.5. The van der Waals surface area contributed by atoms with Crippen molar-refractivity contribution in [3.8, 4) is 0 Å². The lowest BCUT2D eigenvalue weighted by Gasteiger charge is -2.22. The summed E-state index contributed by atoms with van der Waals surface area (Å²) in [6.45, 7) is 10.1. The van der Waals surface area contributed by atoms with Gasteiger partial charge < -0.3 is 15.0 Å². The molecule has 0 aliphatic rings. The van der Waals surface area contributed by atoms with Crippen molar-refractivity contribution in [2.24, 2.45) is 5.92 Å². The van der Waals surface area contributed by atoms with Gasteiger partial charge in [0.15, 0.2) is 0 Å². The Kier molecular flexibility index (Phi) is 6.60. The van der Waals surface area contributed by atoms with Crippen LogP contribution in [-0.2, 0) is 9.53 Å². The molecule has 0 amide bonds. The number of rotatable bonds is 6. The molecule has 96 valence electrons. The molecule has 0 saturated carbocycles. The van der Waals surface area contributed by atoms with Crippen LogP contribution in [0.25, 0.3) is 0 Å². The Morgan fingerprint density at radius 1 is 1.38 bits per heavy atom. The highest BCUT2D eigenvalue weighted by atomic mass is 16.6. The van der Waals surface area contributed by atoms with Crippen molar-refractivity contribution in [3.05, 3.63) is 0 Å². The van der Waals surface area contributed by atoms with Crippen LogP contribution in [0.15, 0.2) is 0 Å². The lowest BCUT2D eigenvalue weighted by Crippen LogP contribution is -2.35. The monoisotopic (exact) mass is 230 g/mol. The summed E-state index contributed by atoms with van der Waals surface area (Å²) < 4.78 is 5.29. The molecule has 0 bridgehead atoms. The molecule has 0 fully saturated rings. The van der Waals surface area contributed by atoms with Gasteiger partial charge in [-0.2, -0.15) is 0 Å². The molecule has 16 heavy (non-hydrogen) atoms. The van der Waals surface area contributed by atoms with Crippen LogP contribution in [0.4, 0.5) is 0 Å². The van der Waals surface area contributed by atoms with Gasteiger partial charge in [-0.05, 0) is 34.9 Å². The van der Waals surface area contributed by atoms with Crippen LogP contribution in [0, 0.1) is 5.92 Å². The smallest absolute Gasteiger partial charge is 0.310 e. The quantitative estimate of drug-likeness (QED) is 0.548. The Hall–Kier alpha value is -0.610. The molecule has 0 heterocycles.